The number of nitrogens with one attached hydrogen (secondary N) is 1. The third kappa shape index (κ3) is 2.66. The molecule has 1 aromatic heterocycles. The fourth-order valence-corrected chi connectivity index (χ4v) is 2.54. The van der Waals surface area contributed by atoms with Crippen LogP contribution in [0.5, 0.6) is 0 Å². The molecule has 0 aliphatic rings. The third-order valence-corrected chi connectivity index (χ3v) is 3.65. The second kappa shape index (κ2) is 5.10. The Morgan fingerprint density at radius 2 is 1.84 bits per heavy atom. The zero-order chi connectivity index (χ0) is 13.2. The highest BCUT2D eigenvalue weighted by Gasteiger charge is 2.07. The monoisotopic (exact) mass is 315 g/mol. The van der Waals surface area contributed by atoms with Gasteiger partial charge in [0.05, 0.1) is 12.3 Å². The van der Waals surface area contributed by atoms with Crippen molar-refractivity contribution in [2.24, 2.45) is 0 Å². The van der Waals surface area contributed by atoms with Crippen molar-refractivity contribution >= 4 is 32.4 Å². The largest absolute Gasteiger partial charge is 0.467 e. The Hall–Kier alpha value is -1.74. The van der Waals surface area contributed by atoms with Crippen molar-refractivity contribution in [2.45, 2.75) is 13.0 Å². The minimum atomic E-state index is 0.155. The lowest BCUT2D eigenvalue weighted by Crippen LogP contribution is -2.05. The molecule has 19 heavy (non-hydrogen) atoms. The second-order valence-electron chi connectivity index (χ2n) is 4.59. The summed E-state index contributed by atoms with van der Waals surface area (Å²) in [5.74, 6) is 0.941. The van der Waals surface area contributed by atoms with Gasteiger partial charge in [0.25, 0.3) is 0 Å². The second-order valence-corrected chi connectivity index (χ2v) is 5.50. The molecule has 3 rings (SSSR count). The molecule has 0 saturated carbocycles. The molecular formula is C16H14BrNO. The van der Waals surface area contributed by atoms with E-state index in [4.69, 9.17) is 4.42 Å². The van der Waals surface area contributed by atoms with Gasteiger partial charge in [-0.15, -0.1) is 0 Å². The Labute approximate surface area is 120 Å². The van der Waals surface area contributed by atoms with Crippen LogP contribution in [0.3, 0.4) is 0 Å². The van der Waals surface area contributed by atoms with E-state index in [1.165, 1.54) is 10.8 Å². The summed E-state index contributed by atoms with van der Waals surface area (Å²) < 4.78 is 6.50. The standard InChI is InChI=1S/C16H14BrNO/c1-11(16-3-2-8-19-16)18-15-7-5-12-9-14(17)6-4-13(12)10-15/h2-11,18H,1H3. The number of rotatable bonds is 3. The third-order valence-electron chi connectivity index (χ3n) is 3.16. The molecule has 1 heterocycles. The van der Waals surface area contributed by atoms with E-state index in [9.17, 15) is 0 Å². The van der Waals surface area contributed by atoms with Crippen LogP contribution in [0.15, 0.2) is 63.7 Å². The number of anilines is 1. The average molecular weight is 316 g/mol. The van der Waals surface area contributed by atoms with Gasteiger partial charge in [0, 0.05) is 10.2 Å². The van der Waals surface area contributed by atoms with Crippen LogP contribution < -0.4 is 5.32 Å². The number of halogens is 1. The highest BCUT2D eigenvalue weighted by Crippen LogP contribution is 2.25. The van der Waals surface area contributed by atoms with Crippen molar-refractivity contribution in [2.75, 3.05) is 5.32 Å². The number of benzene rings is 2. The number of hydrogen-bond acceptors (Lipinski definition) is 2. The molecular weight excluding hydrogens is 302 g/mol. The van der Waals surface area contributed by atoms with E-state index in [-0.39, 0.29) is 6.04 Å². The van der Waals surface area contributed by atoms with Crippen molar-refractivity contribution < 1.29 is 4.42 Å². The molecule has 3 heteroatoms. The fourth-order valence-electron chi connectivity index (χ4n) is 2.17. The number of fused-ring (bicyclic) bond motifs is 1. The molecule has 1 atom stereocenters. The van der Waals surface area contributed by atoms with Crippen LogP contribution >= 0.6 is 15.9 Å². The maximum Gasteiger partial charge on any atom is 0.125 e. The van der Waals surface area contributed by atoms with Gasteiger partial charge < -0.3 is 9.73 Å². The van der Waals surface area contributed by atoms with Gasteiger partial charge in [0.1, 0.15) is 5.76 Å². The molecule has 0 spiro atoms. The summed E-state index contributed by atoms with van der Waals surface area (Å²) in [6, 6.07) is 16.7. The van der Waals surface area contributed by atoms with Crippen molar-refractivity contribution in [1.82, 2.24) is 0 Å². The molecule has 0 aliphatic heterocycles. The molecule has 2 aromatic carbocycles. The fraction of sp³-hybridized carbons (Fsp3) is 0.125. The molecule has 0 radical (unpaired) electrons. The van der Waals surface area contributed by atoms with Gasteiger partial charge in [-0.1, -0.05) is 28.1 Å². The molecule has 96 valence electrons. The van der Waals surface area contributed by atoms with E-state index in [2.05, 4.69) is 64.6 Å². The molecule has 3 aromatic rings. The zero-order valence-electron chi connectivity index (χ0n) is 10.6. The first-order chi connectivity index (χ1) is 9.22. The lowest BCUT2D eigenvalue weighted by Gasteiger charge is -2.13. The predicted octanol–water partition coefficient (Wildman–Crippen LogP) is 5.37. The smallest absolute Gasteiger partial charge is 0.125 e. The van der Waals surface area contributed by atoms with E-state index in [0.29, 0.717) is 0 Å². The van der Waals surface area contributed by atoms with Gasteiger partial charge in [-0.2, -0.15) is 0 Å². The van der Waals surface area contributed by atoms with Gasteiger partial charge in [-0.25, -0.2) is 0 Å². The first-order valence-electron chi connectivity index (χ1n) is 6.21. The van der Waals surface area contributed by atoms with Crippen LogP contribution in [0.1, 0.15) is 18.7 Å². The van der Waals surface area contributed by atoms with Crippen molar-refractivity contribution in [3.63, 3.8) is 0 Å². The Kier molecular flexibility index (Phi) is 3.30. The Morgan fingerprint density at radius 1 is 1.05 bits per heavy atom. The molecule has 1 unspecified atom stereocenters. The topological polar surface area (TPSA) is 25.2 Å². The van der Waals surface area contributed by atoms with Gasteiger partial charge in [-0.05, 0) is 54.1 Å². The summed E-state index contributed by atoms with van der Waals surface area (Å²) >= 11 is 3.49. The van der Waals surface area contributed by atoms with Crippen molar-refractivity contribution in [3.05, 3.63) is 65.0 Å². The minimum absolute atomic E-state index is 0.155. The molecule has 0 saturated heterocycles. The summed E-state index contributed by atoms with van der Waals surface area (Å²) in [5, 5.41) is 5.90. The maximum absolute atomic E-state index is 5.40. The summed E-state index contributed by atoms with van der Waals surface area (Å²) in [4.78, 5) is 0. The number of hydrogen-bond donors (Lipinski definition) is 1. The summed E-state index contributed by atoms with van der Waals surface area (Å²) in [5.41, 5.74) is 1.10. The van der Waals surface area contributed by atoms with Gasteiger partial charge in [0.15, 0.2) is 0 Å². The van der Waals surface area contributed by atoms with Crippen LogP contribution in [0.4, 0.5) is 5.69 Å². The van der Waals surface area contributed by atoms with E-state index in [1.54, 1.807) is 6.26 Å². The first kappa shape index (κ1) is 12.3. The molecule has 1 N–H and O–H groups in total. The SMILES string of the molecule is CC(Nc1ccc2cc(Br)ccc2c1)c1ccco1. The Bertz CT molecular complexity index is 691. The number of furan rings is 1. The Balaban J connectivity index is 1.87. The van der Waals surface area contributed by atoms with Crippen LogP contribution in [0, 0.1) is 0 Å². The average Bonchev–Trinajstić information content (AvgIpc) is 2.93. The highest BCUT2D eigenvalue weighted by molar-refractivity contribution is 9.10. The molecule has 0 amide bonds. The normalized spacial score (nSPS) is 12.5. The van der Waals surface area contributed by atoms with Crippen LogP contribution in [0.25, 0.3) is 10.8 Å². The van der Waals surface area contributed by atoms with E-state index < -0.39 is 0 Å². The van der Waals surface area contributed by atoms with E-state index in [0.717, 1.165) is 15.9 Å². The Morgan fingerprint density at radius 3 is 2.63 bits per heavy atom. The van der Waals surface area contributed by atoms with E-state index in [1.807, 2.05) is 12.1 Å². The highest BCUT2D eigenvalue weighted by atomic mass is 79.9. The lowest BCUT2D eigenvalue weighted by atomic mass is 10.1. The summed E-state index contributed by atoms with van der Waals surface area (Å²) in [6.45, 7) is 2.09. The lowest BCUT2D eigenvalue weighted by molar-refractivity contribution is 0.490. The van der Waals surface area contributed by atoms with E-state index >= 15 is 0 Å². The van der Waals surface area contributed by atoms with Crippen LogP contribution in [-0.4, -0.2) is 0 Å². The molecule has 2 nitrogen and oxygen atoms in total. The quantitative estimate of drug-likeness (QED) is 0.703. The molecule has 0 bridgehead atoms. The van der Waals surface area contributed by atoms with Gasteiger partial charge in [-0.3, -0.25) is 0 Å². The molecule has 0 aliphatic carbocycles. The van der Waals surface area contributed by atoms with Gasteiger partial charge >= 0.3 is 0 Å². The zero-order valence-corrected chi connectivity index (χ0v) is 12.1. The predicted molar refractivity (Wildman–Crippen MR) is 82.4 cm³/mol. The molecule has 0 fully saturated rings. The summed E-state index contributed by atoms with van der Waals surface area (Å²) in [6.07, 6.45) is 1.70. The van der Waals surface area contributed by atoms with Crippen LogP contribution in [0.2, 0.25) is 0 Å². The van der Waals surface area contributed by atoms with Crippen molar-refractivity contribution in [3.8, 4) is 0 Å². The van der Waals surface area contributed by atoms with Crippen molar-refractivity contribution in [1.29, 1.82) is 0 Å². The summed E-state index contributed by atoms with van der Waals surface area (Å²) in [7, 11) is 0. The van der Waals surface area contributed by atoms with Crippen LogP contribution in [-0.2, 0) is 0 Å². The first-order valence-corrected chi connectivity index (χ1v) is 7.01. The van der Waals surface area contributed by atoms with Gasteiger partial charge in [0.2, 0.25) is 0 Å². The maximum atomic E-state index is 5.40. The minimum Gasteiger partial charge on any atom is -0.467 e.